The molecule has 0 spiro atoms. The third-order valence-corrected chi connectivity index (χ3v) is 2.67. The van der Waals surface area contributed by atoms with E-state index in [9.17, 15) is 0 Å². The zero-order chi connectivity index (χ0) is 12.4. The second-order valence-corrected chi connectivity index (χ2v) is 4.17. The fraction of sp³-hybridized carbons (Fsp3) is 0.231. The molecule has 0 saturated carbocycles. The largest absolute Gasteiger partial charge is 0.445 e. The zero-order valence-electron chi connectivity index (χ0n) is 10.1. The highest BCUT2D eigenvalue weighted by atomic mass is 16.4. The molecule has 5 heteroatoms. The highest BCUT2D eigenvalue weighted by Crippen LogP contribution is 2.05. The minimum absolute atomic E-state index is 0.613. The normalized spacial score (nSPS) is 11.2. The monoisotopic (exact) mass is 242 g/mol. The summed E-state index contributed by atoms with van der Waals surface area (Å²) in [6.45, 7) is 3.20. The second-order valence-electron chi connectivity index (χ2n) is 4.17. The molecule has 3 aromatic rings. The van der Waals surface area contributed by atoms with Gasteiger partial charge in [0.25, 0.3) is 0 Å². The Hall–Kier alpha value is -2.14. The fourth-order valence-corrected chi connectivity index (χ4v) is 1.85. The van der Waals surface area contributed by atoms with Crippen LogP contribution in [-0.4, -0.2) is 14.4 Å². The Bertz CT molecular complexity index is 623. The summed E-state index contributed by atoms with van der Waals surface area (Å²) in [5.74, 6) is 1.54. The number of aromatic nitrogens is 3. The standard InChI is InChI=1S/C13H14N4O/c1-10-6-15-13(18-10)8-14-7-11-9-17-5-3-2-4-12(17)16-11/h2-6,9,14H,7-8H2,1H3. The van der Waals surface area contributed by atoms with E-state index >= 15 is 0 Å². The van der Waals surface area contributed by atoms with Gasteiger partial charge >= 0.3 is 0 Å². The molecule has 0 radical (unpaired) electrons. The maximum Gasteiger partial charge on any atom is 0.208 e. The lowest BCUT2D eigenvalue weighted by molar-refractivity contribution is 0.448. The Morgan fingerprint density at radius 3 is 3.06 bits per heavy atom. The quantitative estimate of drug-likeness (QED) is 0.759. The lowest BCUT2D eigenvalue weighted by Crippen LogP contribution is -2.13. The smallest absolute Gasteiger partial charge is 0.208 e. The van der Waals surface area contributed by atoms with E-state index in [1.54, 1.807) is 6.20 Å². The molecule has 1 N–H and O–H groups in total. The first-order valence-electron chi connectivity index (χ1n) is 5.86. The Kier molecular flexibility index (Phi) is 2.82. The number of imidazole rings is 1. The average molecular weight is 242 g/mol. The van der Waals surface area contributed by atoms with Crippen LogP contribution in [0.1, 0.15) is 17.3 Å². The minimum atomic E-state index is 0.613. The van der Waals surface area contributed by atoms with E-state index in [2.05, 4.69) is 15.3 Å². The molecule has 0 aliphatic carbocycles. The molecule has 3 rings (SSSR count). The number of nitrogens with one attached hydrogen (secondary N) is 1. The molecule has 18 heavy (non-hydrogen) atoms. The summed E-state index contributed by atoms with van der Waals surface area (Å²) in [7, 11) is 0. The molecule has 92 valence electrons. The molecule has 0 saturated heterocycles. The molecule has 0 aromatic carbocycles. The topological polar surface area (TPSA) is 55.4 Å². The Labute approximate surface area is 104 Å². The lowest BCUT2D eigenvalue weighted by Gasteiger charge is -1.97. The van der Waals surface area contributed by atoms with Gasteiger partial charge in [-0.2, -0.15) is 0 Å². The predicted octanol–water partition coefficient (Wildman–Crippen LogP) is 1.92. The minimum Gasteiger partial charge on any atom is -0.445 e. The maximum atomic E-state index is 5.38. The highest BCUT2D eigenvalue weighted by Gasteiger charge is 2.02. The number of pyridine rings is 1. The van der Waals surface area contributed by atoms with Crippen molar-refractivity contribution in [1.82, 2.24) is 19.7 Å². The molecule has 5 nitrogen and oxygen atoms in total. The molecular weight excluding hydrogens is 228 g/mol. The Morgan fingerprint density at radius 2 is 2.28 bits per heavy atom. The summed E-state index contributed by atoms with van der Waals surface area (Å²) in [6, 6.07) is 5.96. The van der Waals surface area contributed by atoms with Crippen molar-refractivity contribution < 1.29 is 4.42 Å². The first-order chi connectivity index (χ1) is 8.81. The third-order valence-electron chi connectivity index (χ3n) is 2.67. The summed E-state index contributed by atoms with van der Waals surface area (Å²) < 4.78 is 7.39. The van der Waals surface area contributed by atoms with Gasteiger partial charge < -0.3 is 14.1 Å². The van der Waals surface area contributed by atoms with Gasteiger partial charge in [0, 0.05) is 18.9 Å². The van der Waals surface area contributed by atoms with Crippen molar-refractivity contribution >= 4 is 5.65 Å². The van der Waals surface area contributed by atoms with Crippen molar-refractivity contribution in [1.29, 1.82) is 0 Å². The number of oxazole rings is 1. The fourth-order valence-electron chi connectivity index (χ4n) is 1.85. The first kappa shape index (κ1) is 11.0. The van der Waals surface area contributed by atoms with Gasteiger partial charge in [-0.05, 0) is 19.1 Å². The van der Waals surface area contributed by atoms with E-state index in [1.165, 1.54) is 0 Å². The van der Waals surface area contributed by atoms with Crippen LogP contribution in [0.5, 0.6) is 0 Å². The summed E-state index contributed by atoms with van der Waals surface area (Å²) in [6.07, 6.45) is 5.73. The molecule has 3 aromatic heterocycles. The maximum absolute atomic E-state index is 5.38. The van der Waals surface area contributed by atoms with Crippen molar-refractivity contribution in [2.75, 3.05) is 0 Å². The van der Waals surface area contributed by atoms with Crippen molar-refractivity contribution in [3.8, 4) is 0 Å². The van der Waals surface area contributed by atoms with Gasteiger partial charge in [0.05, 0.1) is 18.4 Å². The van der Waals surface area contributed by atoms with Crippen LogP contribution in [0.25, 0.3) is 5.65 Å². The van der Waals surface area contributed by atoms with Crippen LogP contribution in [-0.2, 0) is 13.1 Å². The first-order valence-corrected chi connectivity index (χ1v) is 5.86. The number of rotatable bonds is 4. The number of nitrogens with zero attached hydrogens (tertiary/aromatic N) is 3. The van der Waals surface area contributed by atoms with Crippen LogP contribution in [0.3, 0.4) is 0 Å². The molecule has 3 heterocycles. The Morgan fingerprint density at radius 1 is 1.33 bits per heavy atom. The van der Waals surface area contributed by atoms with Crippen molar-refractivity contribution in [3.63, 3.8) is 0 Å². The van der Waals surface area contributed by atoms with Gasteiger partial charge in [-0.15, -0.1) is 0 Å². The highest BCUT2D eigenvalue weighted by molar-refractivity contribution is 5.39. The van der Waals surface area contributed by atoms with Crippen molar-refractivity contribution in [3.05, 3.63) is 54.1 Å². The summed E-state index contributed by atoms with van der Waals surface area (Å²) in [4.78, 5) is 8.63. The molecule has 0 atom stereocenters. The summed E-state index contributed by atoms with van der Waals surface area (Å²) in [5.41, 5.74) is 1.96. The zero-order valence-corrected chi connectivity index (χ0v) is 10.1. The number of fused-ring (bicyclic) bond motifs is 1. The van der Waals surface area contributed by atoms with Crippen LogP contribution in [0, 0.1) is 6.92 Å². The molecule has 0 fully saturated rings. The molecule has 0 bridgehead atoms. The third kappa shape index (κ3) is 2.26. The number of aryl methyl sites for hydroxylation is 1. The average Bonchev–Trinajstić information content (AvgIpc) is 2.95. The van der Waals surface area contributed by atoms with E-state index in [4.69, 9.17) is 4.42 Å². The van der Waals surface area contributed by atoms with Gasteiger partial charge in [0.2, 0.25) is 5.89 Å². The van der Waals surface area contributed by atoms with Gasteiger partial charge in [-0.25, -0.2) is 9.97 Å². The van der Waals surface area contributed by atoms with E-state index in [-0.39, 0.29) is 0 Å². The van der Waals surface area contributed by atoms with Crippen LogP contribution >= 0.6 is 0 Å². The Balaban J connectivity index is 1.62. The number of hydrogen-bond donors (Lipinski definition) is 1. The van der Waals surface area contributed by atoms with Crippen molar-refractivity contribution in [2.45, 2.75) is 20.0 Å². The summed E-state index contributed by atoms with van der Waals surface area (Å²) in [5, 5.41) is 3.26. The van der Waals surface area contributed by atoms with Crippen LogP contribution in [0.2, 0.25) is 0 Å². The van der Waals surface area contributed by atoms with Crippen LogP contribution in [0.15, 0.2) is 41.2 Å². The SMILES string of the molecule is Cc1cnc(CNCc2cn3ccccc3n2)o1. The molecular formula is C13H14N4O. The van der Waals surface area contributed by atoms with Gasteiger partial charge in [-0.1, -0.05) is 6.07 Å². The second kappa shape index (κ2) is 4.62. The predicted molar refractivity (Wildman–Crippen MR) is 67.0 cm³/mol. The summed E-state index contributed by atoms with van der Waals surface area (Å²) >= 11 is 0. The molecule has 0 aliphatic rings. The molecule has 0 unspecified atom stereocenters. The van der Waals surface area contributed by atoms with Gasteiger partial charge in [-0.3, -0.25) is 0 Å². The van der Waals surface area contributed by atoms with E-state index in [0.29, 0.717) is 19.0 Å². The van der Waals surface area contributed by atoms with Crippen molar-refractivity contribution in [2.24, 2.45) is 0 Å². The van der Waals surface area contributed by atoms with E-state index in [1.807, 2.05) is 41.9 Å². The van der Waals surface area contributed by atoms with Gasteiger partial charge in [0.1, 0.15) is 11.4 Å². The van der Waals surface area contributed by atoms with E-state index < -0.39 is 0 Å². The van der Waals surface area contributed by atoms with Crippen LogP contribution < -0.4 is 5.32 Å². The lowest BCUT2D eigenvalue weighted by atomic mass is 10.4. The van der Waals surface area contributed by atoms with Gasteiger partial charge in [0.15, 0.2) is 0 Å². The van der Waals surface area contributed by atoms with Crippen LogP contribution in [0.4, 0.5) is 0 Å². The number of hydrogen-bond acceptors (Lipinski definition) is 4. The van der Waals surface area contributed by atoms with E-state index in [0.717, 1.165) is 17.1 Å². The molecule has 0 aliphatic heterocycles. The molecule has 0 amide bonds.